The smallest absolute Gasteiger partial charge is 0.218 e. The minimum absolute atomic E-state index is 0. The molecule has 2 aliphatic heterocycles. The Morgan fingerprint density at radius 2 is 2.00 bits per heavy atom. The molecule has 0 radical (unpaired) electrons. The fraction of sp³-hybridized carbons (Fsp3) is 0.636. The van der Waals surface area contributed by atoms with Gasteiger partial charge in [0.2, 0.25) is 6.23 Å². The first-order valence-corrected chi connectivity index (χ1v) is 10.2. The highest BCUT2D eigenvalue weighted by Crippen LogP contribution is 2.66. The molecule has 0 amide bonds. The van der Waals surface area contributed by atoms with Crippen molar-refractivity contribution in [3.05, 3.63) is 30.7 Å². The third-order valence-electron chi connectivity index (χ3n) is 8.43. The molecule has 2 saturated carbocycles. The van der Waals surface area contributed by atoms with Crippen LogP contribution in [0.15, 0.2) is 12.1 Å². The SMILES string of the molecule is C[N@+]1(CC2CC2)C(O)[C@@H](O)[C@]23c4c5ccc(O)c4O[C@H]2C(=O)CC[C@@]3(O)[C@H]1C5.[CH3-]. The van der Waals surface area contributed by atoms with Crippen molar-refractivity contribution in [2.45, 2.75) is 67.6 Å². The zero-order chi connectivity index (χ0) is 19.6. The van der Waals surface area contributed by atoms with Crippen molar-refractivity contribution in [3.63, 3.8) is 0 Å². The van der Waals surface area contributed by atoms with E-state index < -0.39 is 29.5 Å². The van der Waals surface area contributed by atoms with Crippen molar-refractivity contribution in [2.75, 3.05) is 13.6 Å². The van der Waals surface area contributed by atoms with Crippen LogP contribution in [0, 0.1) is 13.3 Å². The molecular formula is C22H29NO6. The number of benzene rings is 1. The molecular weight excluding hydrogens is 374 g/mol. The minimum atomic E-state index is -1.44. The average molecular weight is 403 g/mol. The van der Waals surface area contributed by atoms with E-state index in [1.165, 1.54) is 0 Å². The number of piperidine rings is 1. The van der Waals surface area contributed by atoms with Gasteiger partial charge in [-0.25, -0.2) is 0 Å². The second-order valence-corrected chi connectivity index (χ2v) is 9.76. The van der Waals surface area contributed by atoms with Crippen LogP contribution >= 0.6 is 0 Å². The van der Waals surface area contributed by atoms with E-state index in [2.05, 4.69) is 0 Å². The summed E-state index contributed by atoms with van der Waals surface area (Å²) < 4.78 is 6.11. The number of hydrogen-bond acceptors (Lipinski definition) is 6. The molecule has 1 spiro atoms. The third kappa shape index (κ3) is 1.91. The van der Waals surface area contributed by atoms with Gasteiger partial charge in [0.05, 0.1) is 13.6 Å². The first kappa shape index (κ1) is 19.3. The van der Waals surface area contributed by atoms with Crippen LogP contribution in [0.3, 0.4) is 0 Å². The minimum Gasteiger partial charge on any atom is -0.504 e. The maximum Gasteiger partial charge on any atom is 0.218 e. The van der Waals surface area contributed by atoms with Crippen LogP contribution in [0.2, 0.25) is 0 Å². The van der Waals surface area contributed by atoms with Gasteiger partial charge in [0.25, 0.3) is 0 Å². The van der Waals surface area contributed by atoms with E-state index in [4.69, 9.17) is 4.74 Å². The van der Waals surface area contributed by atoms with Gasteiger partial charge >= 0.3 is 0 Å². The van der Waals surface area contributed by atoms with Gasteiger partial charge in [0.1, 0.15) is 23.2 Å². The van der Waals surface area contributed by atoms with E-state index in [0.29, 0.717) is 24.4 Å². The van der Waals surface area contributed by atoms with Gasteiger partial charge in [0, 0.05) is 24.3 Å². The Hall–Kier alpha value is -1.67. The molecule has 5 aliphatic rings. The molecule has 29 heavy (non-hydrogen) atoms. The number of aliphatic hydroxyl groups is 3. The lowest BCUT2D eigenvalue weighted by Gasteiger charge is -2.67. The van der Waals surface area contributed by atoms with Crippen LogP contribution < -0.4 is 4.74 Å². The Balaban J connectivity index is 0.00000181. The molecule has 1 aromatic rings. The number of carbonyl (C=O) groups excluding carboxylic acids is 1. The van der Waals surface area contributed by atoms with Crippen molar-refractivity contribution >= 4 is 5.78 Å². The molecule has 158 valence electrons. The van der Waals surface area contributed by atoms with Crippen LogP contribution in [0.5, 0.6) is 11.5 Å². The molecule has 7 atom stereocenters. The maximum absolute atomic E-state index is 12.9. The van der Waals surface area contributed by atoms with Crippen molar-refractivity contribution in [2.24, 2.45) is 5.92 Å². The molecule has 2 bridgehead atoms. The second-order valence-electron chi connectivity index (χ2n) is 9.76. The first-order valence-electron chi connectivity index (χ1n) is 10.2. The molecule has 3 aliphatic carbocycles. The summed E-state index contributed by atoms with van der Waals surface area (Å²) in [6.07, 6.45) is -0.480. The lowest BCUT2D eigenvalue weighted by molar-refractivity contribution is -0.996. The lowest BCUT2D eigenvalue weighted by atomic mass is 9.47. The molecule has 4 N–H and O–H groups in total. The van der Waals surface area contributed by atoms with Crippen LogP contribution in [0.1, 0.15) is 36.8 Å². The standard InChI is InChI=1S/C21H25NO6.CH3/c1-22(9-10-2-3-10)14-8-11-4-5-12(23)16-15(11)21(17(25)19(22)26)18(28-16)13(24)6-7-20(14,21)27;/h4-5,10,14,17-19,25-27H,2-3,6-9H2,1H3;1H3/q;-1/p+1/t14-,17-,18+,19?,20-,21-,22-;/m1./s1. The first-order chi connectivity index (χ1) is 13.2. The van der Waals surface area contributed by atoms with Gasteiger partial charge in [-0.3, -0.25) is 9.28 Å². The van der Waals surface area contributed by atoms with Gasteiger partial charge < -0.3 is 32.6 Å². The van der Waals surface area contributed by atoms with Gasteiger partial charge in [-0.15, -0.1) is 0 Å². The fourth-order valence-corrected chi connectivity index (χ4v) is 7.02. The molecule has 2 heterocycles. The van der Waals surface area contributed by atoms with E-state index in [9.17, 15) is 25.2 Å². The average Bonchev–Trinajstić information content (AvgIpc) is 3.38. The Morgan fingerprint density at radius 1 is 1.28 bits per heavy atom. The summed E-state index contributed by atoms with van der Waals surface area (Å²) in [6, 6.07) is 3.01. The number of aliphatic hydroxyl groups excluding tert-OH is 2. The number of aromatic hydroxyl groups is 1. The van der Waals surface area contributed by atoms with E-state index in [-0.39, 0.29) is 48.1 Å². The number of hydrogen-bond donors (Lipinski definition) is 4. The quantitative estimate of drug-likeness (QED) is 0.421. The largest absolute Gasteiger partial charge is 0.504 e. The van der Waals surface area contributed by atoms with Crippen LogP contribution in [0.25, 0.3) is 0 Å². The van der Waals surface area contributed by atoms with Crippen molar-refractivity contribution in [3.8, 4) is 11.5 Å². The molecule has 1 unspecified atom stereocenters. The van der Waals surface area contributed by atoms with E-state index in [1.54, 1.807) is 12.1 Å². The molecule has 7 nitrogen and oxygen atoms in total. The molecule has 0 aromatic heterocycles. The monoisotopic (exact) mass is 403 g/mol. The molecule has 6 rings (SSSR count). The van der Waals surface area contributed by atoms with Crippen LogP contribution in [-0.2, 0) is 16.6 Å². The van der Waals surface area contributed by atoms with Gasteiger partial charge in [-0.2, -0.15) is 0 Å². The number of Topliss-reactive ketones (excluding diaryl/α,β-unsaturated/α-hetero) is 1. The Labute approximate surface area is 170 Å². The summed E-state index contributed by atoms with van der Waals surface area (Å²) in [5.74, 6) is 0.372. The van der Waals surface area contributed by atoms with Crippen LogP contribution in [-0.4, -0.2) is 74.4 Å². The number of phenols is 1. The number of ether oxygens (including phenoxy) is 1. The summed E-state index contributed by atoms with van der Waals surface area (Å²) in [4.78, 5) is 12.9. The van der Waals surface area contributed by atoms with Gasteiger partial charge in [0.15, 0.2) is 23.4 Å². The molecule has 3 fully saturated rings. The molecule has 1 aromatic carbocycles. The normalized spacial score (nSPS) is 46.6. The number of nitrogens with zero attached hydrogens (tertiary/aromatic N) is 1. The second kappa shape index (κ2) is 5.52. The number of ketones is 1. The summed E-state index contributed by atoms with van der Waals surface area (Å²) in [6.45, 7) is 0.695. The highest BCUT2D eigenvalue weighted by atomic mass is 16.5. The number of carbonyl (C=O) groups is 1. The Bertz CT molecular complexity index is 915. The molecule has 7 heteroatoms. The third-order valence-corrected chi connectivity index (χ3v) is 8.43. The van der Waals surface area contributed by atoms with Crippen molar-refractivity contribution < 1.29 is 34.4 Å². The predicted molar refractivity (Wildman–Crippen MR) is 103 cm³/mol. The number of likely N-dealkylation sites (tertiary alicyclic amines) is 1. The lowest BCUT2D eigenvalue weighted by Crippen LogP contribution is -2.88. The van der Waals surface area contributed by atoms with E-state index in [0.717, 1.165) is 18.4 Å². The molecule has 1 saturated heterocycles. The maximum atomic E-state index is 12.9. The number of quaternary nitrogens is 1. The number of phenolic OH excluding ortho intramolecular Hbond substituents is 1. The Kier molecular flexibility index (Phi) is 3.67. The van der Waals surface area contributed by atoms with E-state index in [1.807, 2.05) is 7.05 Å². The fourth-order valence-electron chi connectivity index (χ4n) is 7.02. The Morgan fingerprint density at radius 3 is 2.69 bits per heavy atom. The topological polar surface area (TPSA) is 107 Å². The summed E-state index contributed by atoms with van der Waals surface area (Å²) in [5.41, 5.74) is -1.42. The summed E-state index contributed by atoms with van der Waals surface area (Å²) >= 11 is 0. The van der Waals surface area contributed by atoms with Gasteiger partial charge in [-0.05, 0) is 30.9 Å². The van der Waals surface area contributed by atoms with Gasteiger partial charge in [-0.1, -0.05) is 6.07 Å². The number of likely N-dealkylation sites (N-methyl/N-ethyl adjacent to an activating group) is 1. The zero-order valence-electron chi connectivity index (χ0n) is 16.8. The van der Waals surface area contributed by atoms with Crippen molar-refractivity contribution in [1.29, 1.82) is 0 Å². The van der Waals surface area contributed by atoms with Crippen molar-refractivity contribution in [1.82, 2.24) is 0 Å². The predicted octanol–water partition coefficient (Wildman–Crippen LogP) is 0.409. The summed E-state index contributed by atoms with van der Waals surface area (Å²) in [5, 5.41) is 45.4. The highest BCUT2D eigenvalue weighted by Gasteiger charge is 2.82. The highest BCUT2D eigenvalue weighted by molar-refractivity contribution is 5.90. The van der Waals surface area contributed by atoms with Crippen LogP contribution in [0.4, 0.5) is 0 Å². The summed E-state index contributed by atoms with van der Waals surface area (Å²) in [7, 11) is 1.93. The zero-order valence-corrected chi connectivity index (χ0v) is 16.8. The van der Waals surface area contributed by atoms with E-state index >= 15 is 0 Å². The number of rotatable bonds is 2.